The van der Waals surface area contributed by atoms with Gasteiger partial charge >= 0.3 is 11.9 Å². The Hall–Kier alpha value is -10.8. The first-order chi connectivity index (χ1) is 55.3. The van der Waals surface area contributed by atoms with Crippen molar-refractivity contribution in [3.63, 3.8) is 0 Å². The number of rotatable bonds is 52. The maximum Gasteiger partial charge on any atom is 0.326 e. The number of thioether (sulfide) groups is 1. The molecule has 4 heterocycles. The molecule has 0 bridgehead atoms. The lowest BCUT2D eigenvalue weighted by Gasteiger charge is -2.32. The van der Waals surface area contributed by atoms with E-state index in [4.69, 9.17) is 34.4 Å². The Balaban J connectivity index is 1.56. The van der Waals surface area contributed by atoms with Gasteiger partial charge < -0.3 is 128 Å². The van der Waals surface area contributed by atoms with E-state index in [1.54, 1.807) is 47.8 Å². The molecule has 4 rings (SSSR count). The van der Waals surface area contributed by atoms with E-state index in [1.807, 2.05) is 0 Å². The highest BCUT2D eigenvalue weighted by molar-refractivity contribution is 7.98. The van der Waals surface area contributed by atoms with Gasteiger partial charge in [0.05, 0.1) is 31.2 Å². The summed E-state index contributed by atoms with van der Waals surface area (Å²) in [6, 6.07) is -19.4. The van der Waals surface area contributed by atoms with Crippen LogP contribution in [0.25, 0.3) is 0 Å². The number of likely N-dealkylation sites (tertiary alicyclic amines) is 2. The second-order valence-electron chi connectivity index (χ2n) is 30.4. The zero-order valence-electron chi connectivity index (χ0n) is 68.0. The Morgan fingerprint density at radius 1 is 0.504 bits per heavy atom. The third-order valence-electron chi connectivity index (χ3n) is 19.3. The number of aliphatic hydroxyl groups excluding tert-OH is 1. The van der Waals surface area contributed by atoms with Crippen LogP contribution in [0.15, 0.2) is 35.0 Å². The summed E-state index contributed by atoms with van der Waals surface area (Å²) in [7, 11) is 0. The molecule has 15 atom stereocenters. The molecular formula is C73H123N25O18S. The number of unbranched alkanes of at least 4 members (excludes halogenated alkanes) is 1. The smallest absolute Gasteiger partial charge is 0.326 e. The quantitative estimate of drug-likeness (QED) is 0.0167. The summed E-state index contributed by atoms with van der Waals surface area (Å²) in [6.45, 7) is 13.3. The van der Waals surface area contributed by atoms with Gasteiger partial charge in [0.15, 0.2) is 11.9 Å². The van der Waals surface area contributed by atoms with Gasteiger partial charge in [0.1, 0.15) is 78.5 Å². The molecule has 0 aliphatic carbocycles. The molecule has 0 radical (unpaired) electrons. The van der Waals surface area contributed by atoms with Crippen molar-refractivity contribution >= 4 is 112 Å². The minimum Gasteiger partial charge on any atom is -0.481 e. The minimum absolute atomic E-state index is 0.00278. The van der Waals surface area contributed by atoms with Crippen molar-refractivity contribution in [2.24, 2.45) is 62.1 Å². The van der Waals surface area contributed by atoms with Gasteiger partial charge in [0.25, 0.3) is 0 Å². The van der Waals surface area contributed by atoms with E-state index in [2.05, 4.69) is 88.4 Å². The molecule has 0 aromatic carbocycles. The number of carboxylic acids is 2. The molecule has 2 aromatic heterocycles. The lowest BCUT2D eigenvalue weighted by molar-refractivity contribution is -0.147. The molecule has 13 amide bonds. The molecule has 0 spiro atoms. The second kappa shape index (κ2) is 50.0. The number of carbonyl (C=O) groups excluding carboxylic acids is 13. The van der Waals surface area contributed by atoms with Gasteiger partial charge in [-0.2, -0.15) is 11.8 Å². The van der Waals surface area contributed by atoms with Crippen molar-refractivity contribution in [2.75, 3.05) is 44.7 Å². The number of aliphatic carboxylic acids is 2. The molecule has 44 heteroatoms. The molecule has 43 nitrogen and oxygen atoms in total. The number of hydrogen-bond acceptors (Lipinski definition) is 23. The molecule has 2 fully saturated rings. The molecule has 117 heavy (non-hydrogen) atoms. The van der Waals surface area contributed by atoms with Crippen LogP contribution in [-0.2, 0) is 84.8 Å². The number of hydrogen-bond donors (Lipinski definition) is 22. The van der Waals surface area contributed by atoms with Gasteiger partial charge in [0, 0.05) is 62.8 Å². The normalized spacial score (nSPS) is 17.3. The number of H-pyrrole nitrogens is 2. The summed E-state index contributed by atoms with van der Waals surface area (Å²) >= 11 is 1.31. The first-order valence-corrected chi connectivity index (χ1v) is 40.7. The molecule has 2 aliphatic heterocycles. The predicted molar refractivity (Wildman–Crippen MR) is 430 cm³/mol. The van der Waals surface area contributed by atoms with Crippen molar-refractivity contribution in [1.29, 1.82) is 0 Å². The fourth-order valence-electron chi connectivity index (χ4n) is 13.1. The van der Waals surface area contributed by atoms with E-state index in [-0.39, 0.29) is 133 Å². The minimum atomic E-state index is -1.82. The van der Waals surface area contributed by atoms with Crippen LogP contribution >= 0.6 is 11.8 Å². The van der Waals surface area contributed by atoms with E-state index < -0.39 is 192 Å². The average Bonchev–Trinajstić information content (AvgIpc) is 1.64. The van der Waals surface area contributed by atoms with Crippen molar-refractivity contribution < 1.29 is 87.2 Å². The number of aliphatic imine (C=N–C) groups is 2. The molecule has 2 saturated heterocycles. The third kappa shape index (κ3) is 33.8. The number of nitrogens with one attached hydrogen (secondary N) is 13. The summed E-state index contributed by atoms with van der Waals surface area (Å²) in [4.78, 5) is 234. The number of guanidine groups is 2. The Kier molecular flexibility index (Phi) is 42.1. The summed E-state index contributed by atoms with van der Waals surface area (Å²) in [5.74, 6) is -15.3. The molecule has 0 saturated carbocycles. The van der Waals surface area contributed by atoms with Gasteiger partial charge in [-0.15, -0.1) is 0 Å². The van der Waals surface area contributed by atoms with Crippen molar-refractivity contribution in [1.82, 2.24) is 88.2 Å². The molecule has 0 unspecified atom stereocenters. The fraction of sp³-hybridized carbons (Fsp3) is 0.685. The first kappa shape index (κ1) is 98.6. The van der Waals surface area contributed by atoms with E-state index in [1.165, 1.54) is 60.5 Å². The Morgan fingerprint density at radius 2 is 0.932 bits per heavy atom. The van der Waals surface area contributed by atoms with Crippen LogP contribution in [0.3, 0.4) is 0 Å². The monoisotopic (exact) mass is 1670 g/mol. The first-order valence-electron chi connectivity index (χ1n) is 39.3. The predicted octanol–water partition coefficient (Wildman–Crippen LogP) is -5.74. The van der Waals surface area contributed by atoms with Crippen molar-refractivity contribution in [2.45, 2.75) is 255 Å². The zero-order valence-corrected chi connectivity index (χ0v) is 68.8. The molecule has 2 aliphatic rings. The summed E-state index contributed by atoms with van der Waals surface area (Å²) in [5.41, 5.74) is 34.6. The van der Waals surface area contributed by atoms with Crippen LogP contribution in [0.4, 0.5) is 0 Å². The lowest BCUT2D eigenvalue weighted by atomic mass is 10.0. The van der Waals surface area contributed by atoms with Crippen LogP contribution in [0.2, 0.25) is 0 Å². The number of carbonyl (C=O) groups is 15. The zero-order chi connectivity index (χ0) is 87.3. The number of imidazole rings is 2. The van der Waals surface area contributed by atoms with Crippen LogP contribution in [0.5, 0.6) is 0 Å². The maximum absolute atomic E-state index is 15.0. The number of aromatic amines is 2. The summed E-state index contributed by atoms with van der Waals surface area (Å²) in [5, 5.41) is 58.6. The molecule has 654 valence electrons. The molecule has 2 aromatic rings. The number of amides is 13. The topological polar surface area (TPSA) is 694 Å². The lowest BCUT2D eigenvalue weighted by Crippen LogP contribution is -2.62. The summed E-state index contributed by atoms with van der Waals surface area (Å²) in [6.07, 6.45) is 6.61. The van der Waals surface area contributed by atoms with Crippen LogP contribution < -0.4 is 92.9 Å². The van der Waals surface area contributed by atoms with Crippen LogP contribution in [0.1, 0.15) is 163 Å². The highest BCUT2D eigenvalue weighted by Gasteiger charge is 2.44. The number of carboxylic acid groups (broad SMARTS) is 2. The Morgan fingerprint density at radius 3 is 1.42 bits per heavy atom. The maximum atomic E-state index is 15.0. The standard InChI is InChI=1S/C73H123N25O18S/c1-37(2)28-48(63(107)88-47(21-27-117-9)61(105)94-52(71(115)116)32-55(100)101)90-58(102)40(7)86-60(104)45(17-12-23-82-72(76)77)89-65(109)53-19-14-25-97(53)69(113)50(29-38(3)4)92-64(108)49(30-42-33-80-35-84-42)91-66(110)54-20-15-26-98(54)70(114)51(31-43-34-81-36-85-43)93-68(112)57(41(8)99)96-67(111)56(39(5)6)95-62(106)46(18-13-24-83-73(78)79)87-59(103)44(75)16-10-11-22-74/h33-41,44-54,56-57,99H,10-32,74-75H2,1-9H3,(H,80,84)(H,81,85)(H,86,104)(H,87,103)(H,88,107)(H,89,109)(H,90,102)(H,91,110)(H,92,108)(H,93,112)(H,94,105)(H,95,106)(H,96,111)(H,100,101)(H,115,116)(H4,76,77,82)(H4,78,79,83)/t40-,41+,44-,45-,46-,47-,48-,49-,50-,51-,52-,53-,54-,56-,57-/m0/s1. The SMILES string of the molecule is CSCC[C@H](NC(=O)[C@H](CC(C)C)NC(=O)[C@H](C)NC(=O)[C@H](CCCN=C(N)N)NC(=O)[C@@H]1CCCN1C(=O)[C@H](CC(C)C)NC(=O)[C@H](Cc1cnc[nH]1)NC(=O)[C@@H]1CCCN1C(=O)[C@H](Cc1cnc[nH]1)NC(=O)[C@@H](NC(=O)[C@@H](NC(=O)[C@H](CCCN=C(N)N)NC(=O)[C@@H](N)CCCCN)C(C)C)[C@@H](C)O)C(=O)N[C@@H](CC(=O)O)C(=O)O. The Labute approximate surface area is 683 Å². The van der Waals surface area contributed by atoms with Crippen molar-refractivity contribution in [3.05, 3.63) is 36.4 Å². The molecule has 28 N–H and O–H groups in total. The van der Waals surface area contributed by atoms with Gasteiger partial charge in [-0.1, -0.05) is 48.0 Å². The van der Waals surface area contributed by atoms with E-state index in [0.717, 1.165) is 0 Å². The van der Waals surface area contributed by atoms with Crippen molar-refractivity contribution in [3.8, 4) is 0 Å². The van der Waals surface area contributed by atoms with E-state index in [0.29, 0.717) is 42.9 Å². The van der Waals surface area contributed by atoms with E-state index in [9.17, 15) is 77.6 Å². The highest BCUT2D eigenvalue weighted by Crippen LogP contribution is 2.24. The van der Waals surface area contributed by atoms with E-state index >= 15 is 9.59 Å². The molecular weight excluding hydrogens is 1550 g/mol. The summed E-state index contributed by atoms with van der Waals surface area (Å²) < 4.78 is 0. The van der Waals surface area contributed by atoms with Gasteiger partial charge in [-0.25, -0.2) is 14.8 Å². The largest absolute Gasteiger partial charge is 0.481 e. The number of aliphatic hydroxyl groups is 1. The van der Waals surface area contributed by atoms with Gasteiger partial charge in [0.2, 0.25) is 76.8 Å². The average molecular weight is 1670 g/mol. The van der Waals surface area contributed by atoms with Crippen LogP contribution in [0, 0.1) is 17.8 Å². The fourth-order valence-corrected chi connectivity index (χ4v) is 13.6. The third-order valence-corrected chi connectivity index (χ3v) is 19.9. The number of nitrogens with zero attached hydrogens (tertiary/aromatic N) is 6. The second-order valence-corrected chi connectivity index (χ2v) is 31.4. The Bertz CT molecular complexity index is 3690. The van der Waals surface area contributed by atoms with Crippen LogP contribution in [-0.4, -0.2) is 281 Å². The number of aromatic nitrogens is 4. The van der Waals surface area contributed by atoms with Gasteiger partial charge in [-0.3, -0.25) is 77.1 Å². The highest BCUT2D eigenvalue weighted by atomic mass is 32.2. The van der Waals surface area contributed by atoms with Gasteiger partial charge in [-0.05, 0) is 134 Å². The number of nitrogens with two attached hydrogens (primary N) is 6.